The first-order chi connectivity index (χ1) is 16.6. The van der Waals surface area contributed by atoms with Crippen LogP contribution in [0.4, 0.5) is 5.69 Å². The van der Waals surface area contributed by atoms with Crippen LogP contribution < -0.4 is 10.5 Å². The topological polar surface area (TPSA) is 62.3 Å². The third-order valence-electron chi connectivity index (χ3n) is 7.31. The van der Waals surface area contributed by atoms with E-state index >= 15 is 0 Å². The molecule has 0 atom stereocenters. The van der Waals surface area contributed by atoms with Crippen molar-refractivity contribution in [2.75, 3.05) is 18.9 Å². The van der Waals surface area contributed by atoms with E-state index in [1.807, 2.05) is 12.1 Å². The van der Waals surface area contributed by atoms with Gasteiger partial charge in [0.1, 0.15) is 16.9 Å². The standard InChI is InChI=1S/C28H31N3O2S/c1-17-18(2)34-28(30-17)26-24-11-10-23(33-22-12-14-32-15-13-22)16-25(24)31(21-4-3-5-21)27(26)19-6-8-20(29)9-7-19/h6-11,16,21-22H,3-5,12-15,29H2,1-2H3. The van der Waals surface area contributed by atoms with Gasteiger partial charge in [0.05, 0.1) is 30.1 Å². The molecule has 2 N–H and O–H groups in total. The molecule has 1 saturated heterocycles. The van der Waals surface area contributed by atoms with Gasteiger partial charge in [0, 0.05) is 46.5 Å². The van der Waals surface area contributed by atoms with Gasteiger partial charge in [-0.15, -0.1) is 11.3 Å². The van der Waals surface area contributed by atoms with Gasteiger partial charge in [0.2, 0.25) is 0 Å². The molecule has 2 aromatic carbocycles. The summed E-state index contributed by atoms with van der Waals surface area (Å²) in [6, 6.07) is 15.4. The number of nitrogens with two attached hydrogens (primary N) is 1. The molecule has 1 aliphatic carbocycles. The maximum atomic E-state index is 6.43. The summed E-state index contributed by atoms with van der Waals surface area (Å²) in [5.41, 5.74) is 12.8. The number of fused-ring (bicyclic) bond motifs is 1. The Morgan fingerprint density at radius 3 is 2.44 bits per heavy atom. The first-order valence-corrected chi connectivity index (χ1v) is 13.1. The van der Waals surface area contributed by atoms with Crippen molar-refractivity contribution in [2.45, 2.75) is 58.1 Å². The van der Waals surface area contributed by atoms with Crippen LogP contribution in [0.15, 0.2) is 42.5 Å². The van der Waals surface area contributed by atoms with Crippen molar-refractivity contribution in [2.24, 2.45) is 0 Å². The SMILES string of the molecule is Cc1nc(-c2c(-c3ccc(N)cc3)n(C3CCC3)c3cc(OC4CCOCC4)ccc23)sc1C. The number of ether oxygens (including phenoxy) is 2. The molecule has 34 heavy (non-hydrogen) atoms. The largest absolute Gasteiger partial charge is 0.490 e. The Morgan fingerprint density at radius 2 is 1.79 bits per heavy atom. The number of nitrogen functional groups attached to an aromatic ring is 1. The van der Waals surface area contributed by atoms with Crippen LogP contribution in [0.3, 0.4) is 0 Å². The lowest BCUT2D eigenvalue weighted by molar-refractivity contribution is 0.0256. The Labute approximate surface area is 204 Å². The van der Waals surface area contributed by atoms with Crippen molar-refractivity contribution in [1.82, 2.24) is 9.55 Å². The van der Waals surface area contributed by atoms with Crippen molar-refractivity contribution in [3.63, 3.8) is 0 Å². The van der Waals surface area contributed by atoms with E-state index in [0.717, 1.165) is 48.2 Å². The van der Waals surface area contributed by atoms with Gasteiger partial charge in [-0.1, -0.05) is 12.1 Å². The van der Waals surface area contributed by atoms with Crippen LogP contribution in [0, 0.1) is 13.8 Å². The number of aromatic nitrogens is 2. The molecule has 2 fully saturated rings. The summed E-state index contributed by atoms with van der Waals surface area (Å²) in [6.07, 6.45) is 5.79. The van der Waals surface area contributed by atoms with E-state index in [4.69, 9.17) is 20.2 Å². The number of hydrogen-bond acceptors (Lipinski definition) is 5. The maximum Gasteiger partial charge on any atom is 0.126 e. The second-order valence-electron chi connectivity index (χ2n) is 9.57. The summed E-state index contributed by atoms with van der Waals surface area (Å²) in [7, 11) is 0. The minimum atomic E-state index is 0.221. The number of nitrogens with zero attached hydrogens (tertiary/aromatic N) is 2. The number of aryl methyl sites for hydroxylation is 2. The van der Waals surface area contributed by atoms with Crippen LogP contribution in [0.1, 0.15) is 48.7 Å². The molecule has 1 saturated carbocycles. The molecule has 6 rings (SSSR count). The van der Waals surface area contributed by atoms with E-state index in [-0.39, 0.29) is 6.10 Å². The van der Waals surface area contributed by atoms with Gasteiger partial charge >= 0.3 is 0 Å². The summed E-state index contributed by atoms with van der Waals surface area (Å²) >= 11 is 1.78. The van der Waals surface area contributed by atoms with Crippen molar-refractivity contribution < 1.29 is 9.47 Å². The molecular formula is C28H31N3O2S. The molecule has 1 aliphatic heterocycles. The minimum Gasteiger partial charge on any atom is -0.490 e. The predicted molar refractivity (Wildman–Crippen MR) is 140 cm³/mol. The Kier molecular flexibility index (Phi) is 5.58. The number of anilines is 1. The van der Waals surface area contributed by atoms with Crippen LogP contribution in [-0.4, -0.2) is 28.9 Å². The van der Waals surface area contributed by atoms with E-state index < -0.39 is 0 Å². The van der Waals surface area contributed by atoms with Gasteiger partial charge in [0.15, 0.2) is 0 Å². The van der Waals surface area contributed by atoms with Crippen LogP contribution in [0.5, 0.6) is 5.75 Å². The average Bonchev–Trinajstić information content (AvgIpc) is 3.30. The zero-order valence-corrected chi connectivity index (χ0v) is 20.7. The summed E-state index contributed by atoms with van der Waals surface area (Å²) < 4.78 is 14.5. The molecule has 0 unspecified atom stereocenters. The lowest BCUT2D eigenvalue weighted by atomic mass is 9.92. The fourth-order valence-electron chi connectivity index (χ4n) is 5.09. The molecule has 0 amide bonds. The molecular weight excluding hydrogens is 442 g/mol. The zero-order valence-electron chi connectivity index (χ0n) is 19.8. The Morgan fingerprint density at radius 1 is 1.03 bits per heavy atom. The summed E-state index contributed by atoms with van der Waals surface area (Å²) in [5, 5.41) is 2.33. The molecule has 176 valence electrons. The molecule has 2 aliphatic rings. The Hall–Kier alpha value is -2.83. The number of hydrogen-bond donors (Lipinski definition) is 1. The normalized spacial score (nSPS) is 17.2. The third kappa shape index (κ3) is 3.79. The minimum absolute atomic E-state index is 0.221. The average molecular weight is 474 g/mol. The molecule has 3 heterocycles. The summed E-state index contributed by atoms with van der Waals surface area (Å²) in [6.45, 7) is 5.81. The van der Waals surface area contributed by atoms with Crippen molar-refractivity contribution in [3.8, 4) is 27.6 Å². The van der Waals surface area contributed by atoms with Gasteiger partial charge in [0.25, 0.3) is 0 Å². The summed E-state index contributed by atoms with van der Waals surface area (Å²) in [4.78, 5) is 6.27. The van der Waals surface area contributed by atoms with Gasteiger partial charge < -0.3 is 19.8 Å². The van der Waals surface area contributed by atoms with Gasteiger partial charge in [-0.25, -0.2) is 4.98 Å². The van der Waals surface area contributed by atoms with Crippen LogP contribution in [-0.2, 0) is 4.74 Å². The highest BCUT2D eigenvalue weighted by Crippen LogP contribution is 2.48. The fraction of sp³-hybridized carbons (Fsp3) is 0.393. The van der Waals surface area contributed by atoms with E-state index in [9.17, 15) is 0 Å². The number of rotatable bonds is 5. The first kappa shape index (κ1) is 21.7. The van der Waals surface area contributed by atoms with Crippen LogP contribution in [0.2, 0.25) is 0 Å². The Bertz CT molecular complexity index is 1310. The van der Waals surface area contributed by atoms with Crippen LogP contribution >= 0.6 is 11.3 Å². The lowest BCUT2D eigenvalue weighted by Crippen LogP contribution is -2.25. The monoisotopic (exact) mass is 473 g/mol. The highest BCUT2D eigenvalue weighted by atomic mass is 32.1. The van der Waals surface area contributed by atoms with Crippen LogP contribution in [0.25, 0.3) is 32.7 Å². The molecule has 0 radical (unpaired) electrons. The highest BCUT2D eigenvalue weighted by Gasteiger charge is 2.30. The predicted octanol–water partition coefficient (Wildman–Crippen LogP) is 6.91. The Balaban J connectivity index is 1.58. The van der Waals surface area contributed by atoms with Gasteiger partial charge in [-0.2, -0.15) is 0 Å². The van der Waals surface area contributed by atoms with E-state index in [2.05, 4.69) is 48.7 Å². The van der Waals surface area contributed by atoms with E-state index in [1.165, 1.54) is 51.9 Å². The van der Waals surface area contributed by atoms with Crippen molar-refractivity contribution in [3.05, 3.63) is 53.0 Å². The summed E-state index contributed by atoms with van der Waals surface area (Å²) in [5.74, 6) is 0.944. The van der Waals surface area contributed by atoms with Gasteiger partial charge in [-0.3, -0.25) is 0 Å². The highest BCUT2D eigenvalue weighted by molar-refractivity contribution is 7.15. The second-order valence-corrected chi connectivity index (χ2v) is 10.8. The third-order valence-corrected chi connectivity index (χ3v) is 8.40. The van der Waals surface area contributed by atoms with Crippen molar-refractivity contribution >= 4 is 27.9 Å². The molecule has 2 aromatic heterocycles. The van der Waals surface area contributed by atoms with Crippen molar-refractivity contribution in [1.29, 1.82) is 0 Å². The molecule has 4 aromatic rings. The molecule has 0 spiro atoms. The zero-order chi connectivity index (χ0) is 23.2. The van der Waals surface area contributed by atoms with E-state index in [0.29, 0.717) is 6.04 Å². The number of thiazole rings is 1. The quantitative estimate of drug-likeness (QED) is 0.320. The molecule has 5 nitrogen and oxygen atoms in total. The number of benzene rings is 2. The second kappa shape index (κ2) is 8.75. The molecule has 0 bridgehead atoms. The molecule has 6 heteroatoms. The fourth-order valence-corrected chi connectivity index (χ4v) is 6.07. The lowest BCUT2D eigenvalue weighted by Gasteiger charge is -2.30. The van der Waals surface area contributed by atoms with E-state index in [1.54, 1.807) is 11.3 Å². The smallest absolute Gasteiger partial charge is 0.126 e. The van der Waals surface area contributed by atoms with Gasteiger partial charge in [-0.05, 0) is 62.9 Å². The first-order valence-electron chi connectivity index (χ1n) is 12.3. The maximum absolute atomic E-state index is 6.43.